The summed E-state index contributed by atoms with van der Waals surface area (Å²) in [4.78, 5) is 47.0. The van der Waals surface area contributed by atoms with Crippen molar-refractivity contribution in [2.75, 3.05) is 14.2 Å². The van der Waals surface area contributed by atoms with Crippen molar-refractivity contribution in [3.63, 3.8) is 0 Å². The van der Waals surface area contributed by atoms with Crippen LogP contribution < -0.4 is 20.9 Å². The van der Waals surface area contributed by atoms with Gasteiger partial charge in [-0.25, -0.2) is 0 Å². The lowest BCUT2D eigenvalue weighted by Crippen LogP contribution is -2.37. The summed E-state index contributed by atoms with van der Waals surface area (Å²) >= 11 is 0. The first-order chi connectivity index (χ1) is 19.4. The predicted molar refractivity (Wildman–Crippen MR) is 156 cm³/mol. The number of aliphatic carboxylic acids is 2. The van der Waals surface area contributed by atoms with E-state index in [-0.39, 0.29) is 29.8 Å². The van der Waals surface area contributed by atoms with Gasteiger partial charge >= 0.3 is 11.9 Å². The molecule has 0 amide bonds. The molecule has 2 rings (SSSR count). The molecule has 2 aromatic carbocycles. The topological polar surface area (TPSA) is 179 Å². The molecule has 10 nitrogen and oxygen atoms in total. The van der Waals surface area contributed by atoms with Gasteiger partial charge in [-0.1, -0.05) is 50.3 Å². The first-order valence-corrected chi connectivity index (χ1v) is 13.1. The molecule has 4 unspecified atom stereocenters. The van der Waals surface area contributed by atoms with Gasteiger partial charge in [0, 0.05) is 0 Å². The van der Waals surface area contributed by atoms with Crippen LogP contribution in [0.1, 0.15) is 42.5 Å². The third-order valence-corrected chi connectivity index (χ3v) is 6.77. The molecule has 0 bridgehead atoms. The Morgan fingerprint density at radius 1 is 0.732 bits per heavy atom. The van der Waals surface area contributed by atoms with Crippen LogP contribution in [0.15, 0.2) is 48.6 Å². The summed E-state index contributed by atoms with van der Waals surface area (Å²) in [6.07, 6.45) is 6.32. The van der Waals surface area contributed by atoms with Crippen LogP contribution in [-0.4, -0.2) is 60.0 Å². The molecule has 0 aliphatic carbocycles. The average Bonchev–Trinajstić information content (AvgIpc) is 2.94. The quantitative estimate of drug-likeness (QED) is 0.174. The second-order valence-electron chi connectivity index (χ2n) is 10.0. The van der Waals surface area contributed by atoms with Crippen LogP contribution in [0.4, 0.5) is 0 Å². The van der Waals surface area contributed by atoms with Gasteiger partial charge in [-0.05, 0) is 71.2 Å². The number of allylic oxidation sites excluding steroid dienone is 2. The molecule has 220 valence electrons. The Hall–Kier alpha value is -4.28. The molecule has 0 spiro atoms. The van der Waals surface area contributed by atoms with E-state index in [0.717, 1.165) is 11.1 Å². The number of carbonyl (C=O) groups excluding carboxylic acids is 2. The number of nitrogens with two attached hydrogens (primary N) is 2. The van der Waals surface area contributed by atoms with Crippen LogP contribution in [0.5, 0.6) is 11.5 Å². The lowest BCUT2D eigenvalue weighted by atomic mass is 9.93. The standard InChI is InChI=1S/C31H38N2O8/c1-18(28(32)30(36)37)13-22-9-5-20(15-26(22)40-3)7-11-24(34)17-25(35)12-8-21-6-10-23(27(16-21)41-4)14-19(2)29(33)31(38)39/h5-12,15-16,18-19,28-29H,13-14,17,32-33H2,1-4H3,(H,36,37)(H,38,39)/b11-7+,12-8+. The van der Waals surface area contributed by atoms with Gasteiger partial charge in [0.1, 0.15) is 23.6 Å². The van der Waals surface area contributed by atoms with Crippen molar-refractivity contribution in [3.8, 4) is 11.5 Å². The summed E-state index contributed by atoms with van der Waals surface area (Å²) in [5.74, 6) is -2.42. The highest BCUT2D eigenvalue weighted by Crippen LogP contribution is 2.26. The van der Waals surface area contributed by atoms with Crippen molar-refractivity contribution in [2.24, 2.45) is 23.3 Å². The molecular weight excluding hydrogens is 528 g/mol. The smallest absolute Gasteiger partial charge is 0.320 e. The third kappa shape index (κ3) is 10.0. The van der Waals surface area contributed by atoms with Crippen molar-refractivity contribution < 1.29 is 38.9 Å². The molecule has 0 aliphatic heterocycles. The van der Waals surface area contributed by atoms with Gasteiger partial charge in [0.25, 0.3) is 0 Å². The Morgan fingerprint density at radius 3 is 1.41 bits per heavy atom. The van der Waals surface area contributed by atoms with Crippen LogP contribution in [0.3, 0.4) is 0 Å². The number of hydrogen-bond donors (Lipinski definition) is 4. The number of methoxy groups -OCH3 is 2. The molecule has 0 aliphatic rings. The minimum absolute atomic E-state index is 0.311. The number of ketones is 2. The van der Waals surface area contributed by atoms with E-state index in [4.69, 9.17) is 31.2 Å². The van der Waals surface area contributed by atoms with E-state index >= 15 is 0 Å². The molecule has 41 heavy (non-hydrogen) atoms. The van der Waals surface area contributed by atoms with Crippen molar-refractivity contribution in [1.82, 2.24) is 0 Å². The van der Waals surface area contributed by atoms with Crippen LogP contribution >= 0.6 is 0 Å². The molecule has 0 saturated carbocycles. The van der Waals surface area contributed by atoms with Gasteiger partial charge in [0.05, 0.1) is 20.6 Å². The normalized spacial score (nSPS) is 14.4. The van der Waals surface area contributed by atoms with Gasteiger partial charge < -0.3 is 31.2 Å². The number of carboxylic acids is 2. The van der Waals surface area contributed by atoms with Crippen LogP contribution in [0, 0.1) is 11.8 Å². The van der Waals surface area contributed by atoms with Gasteiger partial charge in [-0.2, -0.15) is 0 Å². The summed E-state index contributed by atoms with van der Waals surface area (Å²) in [5, 5.41) is 18.2. The van der Waals surface area contributed by atoms with E-state index in [1.165, 1.54) is 26.4 Å². The highest BCUT2D eigenvalue weighted by molar-refractivity contribution is 6.10. The number of ether oxygens (including phenoxy) is 2. The summed E-state index contributed by atoms with van der Waals surface area (Å²) in [6.45, 7) is 3.51. The number of carboxylic acid groups (broad SMARTS) is 2. The van der Waals surface area contributed by atoms with Crippen LogP contribution in [0.2, 0.25) is 0 Å². The van der Waals surface area contributed by atoms with Gasteiger partial charge in [0.15, 0.2) is 11.6 Å². The van der Waals surface area contributed by atoms with Gasteiger partial charge in [0.2, 0.25) is 0 Å². The van der Waals surface area contributed by atoms with Crippen LogP contribution in [-0.2, 0) is 32.0 Å². The third-order valence-electron chi connectivity index (χ3n) is 6.77. The van der Waals surface area contributed by atoms with Gasteiger partial charge in [-0.3, -0.25) is 19.2 Å². The monoisotopic (exact) mass is 566 g/mol. The highest BCUT2D eigenvalue weighted by atomic mass is 16.5. The Kier molecular flexibility index (Phi) is 12.4. The number of benzene rings is 2. The zero-order valence-electron chi connectivity index (χ0n) is 23.7. The van der Waals surface area contributed by atoms with E-state index in [9.17, 15) is 19.2 Å². The Labute approximate surface area is 239 Å². The molecular formula is C31H38N2O8. The van der Waals surface area contributed by atoms with E-state index < -0.39 is 24.0 Å². The molecule has 0 fully saturated rings. The number of hydrogen-bond acceptors (Lipinski definition) is 8. The lowest BCUT2D eigenvalue weighted by Gasteiger charge is -2.17. The number of rotatable bonds is 16. The van der Waals surface area contributed by atoms with E-state index in [2.05, 4.69) is 0 Å². The van der Waals surface area contributed by atoms with Crippen molar-refractivity contribution in [1.29, 1.82) is 0 Å². The fourth-order valence-corrected chi connectivity index (χ4v) is 4.17. The van der Waals surface area contributed by atoms with Gasteiger partial charge in [-0.15, -0.1) is 0 Å². The summed E-state index contributed by atoms with van der Waals surface area (Å²) < 4.78 is 10.9. The largest absolute Gasteiger partial charge is 0.496 e. The first-order valence-electron chi connectivity index (χ1n) is 13.1. The molecule has 0 radical (unpaired) electrons. The summed E-state index contributed by atoms with van der Waals surface area (Å²) in [7, 11) is 3.01. The Bertz CT molecular complexity index is 1220. The summed E-state index contributed by atoms with van der Waals surface area (Å²) in [5.41, 5.74) is 14.4. The summed E-state index contributed by atoms with van der Waals surface area (Å²) in [6, 6.07) is 8.60. The zero-order chi connectivity index (χ0) is 30.7. The maximum absolute atomic E-state index is 12.4. The molecule has 6 N–H and O–H groups in total. The maximum atomic E-state index is 12.4. The minimum atomic E-state index is -1.07. The van der Waals surface area contributed by atoms with Crippen molar-refractivity contribution >= 4 is 35.7 Å². The molecule has 0 aromatic heterocycles. The SMILES string of the molecule is COc1cc(/C=C/C(=O)CC(=O)/C=C/c2ccc(CC(C)C(N)C(=O)O)c(OC)c2)ccc1CC(C)C(N)C(=O)O. The molecule has 0 heterocycles. The fraction of sp³-hybridized carbons (Fsp3) is 0.355. The lowest BCUT2D eigenvalue weighted by molar-refractivity contribution is -0.140. The molecule has 10 heteroatoms. The van der Waals surface area contributed by atoms with Crippen LogP contribution in [0.25, 0.3) is 12.2 Å². The number of carbonyl (C=O) groups is 4. The van der Waals surface area contributed by atoms with E-state index in [0.29, 0.717) is 35.5 Å². The maximum Gasteiger partial charge on any atom is 0.320 e. The second-order valence-corrected chi connectivity index (χ2v) is 10.0. The molecule has 0 saturated heterocycles. The average molecular weight is 567 g/mol. The Balaban J connectivity index is 2.00. The first kappa shape index (κ1) is 32.9. The fourth-order valence-electron chi connectivity index (χ4n) is 4.17. The molecule has 4 atom stereocenters. The minimum Gasteiger partial charge on any atom is -0.496 e. The highest BCUT2D eigenvalue weighted by Gasteiger charge is 2.22. The molecule has 2 aromatic rings. The zero-order valence-corrected chi connectivity index (χ0v) is 23.7. The van der Waals surface area contributed by atoms with Crippen molar-refractivity contribution in [3.05, 3.63) is 70.8 Å². The Morgan fingerprint density at radius 2 is 1.10 bits per heavy atom. The van der Waals surface area contributed by atoms with E-state index in [1.807, 2.05) is 0 Å². The predicted octanol–water partition coefficient (Wildman–Crippen LogP) is 3.14. The van der Waals surface area contributed by atoms with E-state index in [1.54, 1.807) is 62.4 Å². The second kappa shape index (κ2) is 15.5. The van der Waals surface area contributed by atoms with Crippen molar-refractivity contribution in [2.45, 2.75) is 45.2 Å².